The summed E-state index contributed by atoms with van der Waals surface area (Å²) in [6.07, 6.45) is 0. The van der Waals surface area contributed by atoms with Gasteiger partial charge in [0.25, 0.3) is 0 Å². The smallest absolute Gasteiger partial charge is 0.192 e. The molecular formula is C30H57NO10Si. The van der Waals surface area contributed by atoms with Crippen LogP contribution in [0.4, 0.5) is 5.69 Å². The van der Waals surface area contributed by atoms with Gasteiger partial charge in [-0.25, -0.2) is 0 Å². The summed E-state index contributed by atoms with van der Waals surface area (Å²) in [6, 6.07) is 7.39. The van der Waals surface area contributed by atoms with Gasteiger partial charge in [-0.15, -0.1) is 0 Å². The van der Waals surface area contributed by atoms with Gasteiger partial charge in [-0.1, -0.05) is 32.9 Å². The van der Waals surface area contributed by atoms with Crippen LogP contribution in [0.25, 0.3) is 0 Å². The van der Waals surface area contributed by atoms with Gasteiger partial charge in [0.15, 0.2) is 8.32 Å². The van der Waals surface area contributed by atoms with Crippen LogP contribution in [0, 0.1) is 0 Å². The second-order valence-corrected chi connectivity index (χ2v) is 15.7. The molecule has 1 aromatic carbocycles. The quantitative estimate of drug-likeness (QED) is 0.0801. The topological polar surface area (TPSA) is 118 Å². The van der Waals surface area contributed by atoms with Crippen LogP contribution in [0.2, 0.25) is 18.1 Å². The van der Waals surface area contributed by atoms with Gasteiger partial charge in [-0.3, -0.25) is 0 Å². The number of ether oxygens (including phenoxy) is 9. The van der Waals surface area contributed by atoms with E-state index < -0.39 is 8.32 Å². The second kappa shape index (κ2) is 25.0. The van der Waals surface area contributed by atoms with Gasteiger partial charge >= 0.3 is 0 Å². The van der Waals surface area contributed by atoms with Crippen LogP contribution in [-0.4, -0.2) is 127 Å². The summed E-state index contributed by atoms with van der Waals surface area (Å²) in [6.45, 7) is 20.6. The fourth-order valence-corrected chi connectivity index (χ4v) is 4.06. The molecule has 42 heavy (non-hydrogen) atoms. The van der Waals surface area contributed by atoms with E-state index in [9.17, 15) is 0 Å². The van der Waals surface area contributed by atoms with E-state index in [0.29, 0.717) is 130 Å². The molecule has 1 aromatic rings. The summed E-state index contributed by atoms with van der Waals surface area (Å²) >= 11 is 0. The zero-order valence-corrected chi connectivity index (χ0v) is 27.7. The van der Waals surface area contributed by atoms with E-state index in [2.05, 4.69) is 33.9 Å². The lowest BCUT2D eigenvalue weighted by molar-refractivity contribution is -0.0241. The Morgan fingerprint density at radius 2 is 0.810 bits per heavy atom. The van der Waals surface area contributed by atoms with Crippen LogP contribution in [0.15, 0.2) is 24.3 Å². The SMILES string of the molecule is CC(C)(C)[Si](C)(C)OCCOCCOCCOCCOCCOCCOCCOCCOCCOc1ccccc1N. The molecule has 0 saturated heterocycles. The number of para-hydroxylation sites is 2. The van der Waals surface area contributed by atoms with Crippen molar-refractivity contribution in [1.29, 1.82) is 0 Å². The molecule has 12 heteroatoms. The van der Waals surface area contributed by atoms with Gasteiger partial charge in [-0.2, -0.15) is 0 Å². The van der Waals surface area contributed by atoms with Crippen molar-refractivity contribution >= 4 is 14.0 Å². The molecule has 0 aliphatic carbocycles. The molecule has 0 atom stereocenters. The van der Waals surface area contributed by atoms with Crippen molar-refractivity contribution in [3.05, 3.63) is 24.3 Å². The largest absolute Gasteiger partial charge is 0.489 e. The average molecular weight is 620 g/mol. The van der Waals surface area contributed by atoms with Gasteiger partial charge in [0, 0.05) is 0 Å². The Bertz CT molecular complexity index is 751. The summed E-state index contributed by atoms with van der Waals surface area (Å²) in [5.41, 5.74) is 6.44. The summed E-state index contributed by atoms with van der Waals surface area (Å²) in [4.78, 5) is 0. The van der Waals surface area contributed by atoms with Gasteiger partial charge in [0.05, 0.1) is 118 Å². The predicted octanol–water partition coefficient (Wildman–Crippen LogP) is 3.80. The molecule has 0 heterocycles. The maximum absolute atomic E-state index is 6.07. The van der Waals surface area contributed by atoms with Crippen molar-refractivity contribution in [2.45, 2.75) is 38.9 Å². The molecule has 0 radical (unpaired) electrons. The highest BCUT2D eigenvalue weighted by Crippen LogP contribution is 2.36. The monoisotopic (exact) mass is 619 g/mol. The molecule has 246 valence electrons. The van der Waals surface area contributed by atoms with Crippen molar-refractivity contribution in [2.24, 2.45) is 0 Å². The molecule has 0 amide bonds. The standard InChI is InChI=1S/C30H57NO10Si/c1-30(2,3)42(4,5)41-27-25-39-23-21-37-19-17-35-15-13-33-11-10-32-12-14-34-16-18-36-20-22-38-24-26-40-29-9-7-6-8-28(29)31/h6-9H,10-27,31H2,1-5H3. The Balaban J connectivity index is 1.69. The third kappa shape index (κ3) is 21.4. The highest BCUT2D eigenvalue weighted by molar-refractivity contribution is 6.74. The van der Waals surface area contributed by atoms with Crippen molar-refractivity contribution in [2.75, 3.05) is 125 Å². The normalized spacial score (nSPS) is 12.2. The van der Waals surface area contributed by atoms with E-state index in [1.807, 2.05) is 18.2 Å². The number of anilines is 1. The number of hydrogen-bond donors (Lipinski definition) is 1. The first kappa shape index (κ1) is 38.7. The highest BCUT2D eigenvalue weighted by Gasteiger charge is 2.36. The fourth-order valence-electron chi connectivity index (χ4n) is 3.04. The number of rotatable bonds is 29. The van der Waals surface area contributed by atoms with Gasteiger partial charge in [0.1, 0.15) is 12.4 Å². The molecule has 0 spiro atoms. The first-order chi connectivity index (χ1) is 20.2. The molecule has 0 aliphatic heterocycles. The van der Waals surface area contributed by atoms with E-state index >= 15 is 0 Å². The van der Waals surface area contributed by atoms with Gasteiger partial charge in [-0.05, 0) is 30.3 Å². The molecule has 2 N–H and O–H groups in total. The zero-order chi connectivity index (χ0) is 30.8. The van der Waals surface area contributed by atoms with Crippen LogP contribution < -0.4 is 10.5 Å². The molecule has 0 fully saturated rings. The Kier molecular flexibility index (Phi) is 23.1. The van der Waals surface area contributed by atoms with Crippen LogP contribution >= 0.6 is 0 Å². The lowest BCUT2D eigenvalue weighted by atomic mass is 10.2. The van der Waals surface area contributed by atoms with E-state index in [1.54, 1.807) is 6.07 Å². The highest BCUT2D eigenvalue weighted by atomic mass is 28.4. The fraction of sp³-hybridized carbons (Fsp3) is 0.800. The Morgan fingerprint density at radius 3 is 1.14 bits per heavy atom. The van der Waals surface area contributed by atoms with Crippen molar-refractivity contribution in [3.63, 3.8) is 0 Å². The Hall–Kier alpha value is -1.32. The lowest BCUT2D eigenvalue weighted by Crippen LogP contribution is -2.41. The molecule has 0 bridgehead atoms. The lowest BCUT2D eigenvalue weighted by Gasteiger charge is -2.36. The summed E-state index contributed by atoms with van der Waals surface area (Å²) in [7, 11) is -1.69. The second-order valence-electron chi connectivity index (χ2n) is 10.9. The zero-order valence-electron chi connectivity index (χ0n) is 26.7. The minimum atomic E-state index is -1.69. The van der Waals surface area contributed by atoms with Crippen LogP contribution in [0.1, 0.15) is 20.8 Å². The minimum Gasteiger partial charge on any atom is -0.489 e. The number of nitrogen functional groups attached to an aromatic ring is 1. The van der Waals surface area contributed by atoms with Crippen LogP contribution in [0.5, 0.6) is 5.75 Å². The maximum atomic E-state index is 6.07. The van der Waals surface area contributed by atoms with Crippen LogP contribution in [-0.2, 0) is 42.3 Å². The molecule has 0 unspecified atom stereocenters. The third-order valence-corrected chi connectivity index (χ3v) is 11.0. The molecule has 0 aliphatic rings. The van der Waals surface area contributed by atoms with Crippen molar-refractivity contribution in [3.8, 4) is 5.75 Å². The van der Waals surface area contributed by atoms with E-state index in [4.69, 9.17) is 52.8 Å². The molecular weight excluding hydrogens is 562 g/mol. The van der Waals surface area contributed by atoms with Crippen LogP contribution in [0.3, 0.4) is 0 Å². The van der Waals surface area contributed by atoms with E-state index in [1.165, 1.54) is 0 Å². The summed E-state index contributed by atoms with van der Waals surface area (Å²) in [5.74, 6) is 0.672. The Morgan fingerprint density at radius 1 is 0.500 bits per heavy atom. The molecule has 11 nitrogen and oxygen atoms in total. The van der Waals surface area contributed by atoms with E-state index in [0.717, 1.165) is 0 Å². The minimum absolute atomic E-state index is 0.219. The molecule has 0 aromatic heterocycles. The molecule has 1 rings (SSSR count). The number of nitrogens with two attached hydrogens (primary N) is 1. The number of benzene rings is 1. The van der Waals surface area contributed by atoms with Crippen molar-refractivity contribution in [1.82, 2.24) is 0 Å². The third-order valence-electron chi connectivity index (χ3n) is 6.51. The Labute approximate surface area is 254 Å². The van der Waals surface area contributed by atoms with Gasteiger partial charge in [0.2, 0.25) is 0 Å². The number of hydrogen-bond acceptors (Lipinski definition) is 11. The summed E-state index contributed by atoms with van der Waals surface area (Å²) < 4.78 is 55.6. The first-order valence-electron chi connectivity index (χ1n) is 15.0. The van der Waals surface area contributed by atoms with E-state index in [-0.39, 0.29) is 5.04 Å². The predicted molar refractivity (Wildman–Crippen MR) is 166 cm³/mol. The van der Waals surface area contributed by atoms with Crippen molar-refractivity contribution < 1.29 is 47.1 Å². The van der Waals surface area contributed by atoms with Gasteiger partial charge < -0.3 is 52.8 Å². The maximum Gasteiger partial charge on any atom is 0.192 e. The first-order valence-corrected chi connectivity index (χ1v) is 17.9. The molecule has 0 saturated carbocycles. The average Bonchev–Trinajstić information content (AvgIpc) is 2.94. The summed E-state index contributed by atoms with van der Waals surface area (Å²) in [5, 5.41) is 0.219.